The summed E-state index contributed by atoms with van der Waals surface area (Å²) in [5.74, 6) is -0.487. The zero-order chi connectivity index (χ0) is 18.1. The monoisotopic (exact) mass is 403 g/mol. The number of H-pyrrole nitrogens is 2. The topological polar surface area (TPSA) is 116 Å². The van der Waals surface area contributed by atoms with E-state index in [4.69, 9.17) is 0 Å². The number of aromatic amines is 2. The van der Waals surface area contributed by atoms with Gasteiger partial charge in [0.15, 0.2) is 0 Å². The molecule has 3 aromatic rings. The van der Waals surface area contributed by atoms with Gasteiger partial charge in [-0.2, -0.15) is 5.10 Å². The highest BCUT2D eigenvalue weighted by atomic mass is 79.9. The number of aromatic nitrogens is 4. The lowest BCUT2D eigenvalue weighted by atomic mass is 10.2. The van der Waals surface area contributed by atoms with E-state index in [1.165, 1.54) is 6.21 Å². The Bertz CT molecular complexity index is 1060. The standard InChI is InChI=1S/C16H14BrN5O3/c1-8-13(9(2)21-20-8)18-7-12-14(23)19-16(25)22(15(12)24)11-5-3-10(17)4-6-11/h3-7,24H,1-2H3,(H,20,21)(H,19,23,25). The molecule has 0 atom stereocenters. The number of halogens is 1. The molecule has 0 saturated heterocycles. The molecule has 0 bridgehead atoms. The van der Waals surface area contributed by atoms with Crippen molar-refractivity contribution in [3.8, 4) is 11.6 Å². The zero-order valence-corrected chi connectivity index (χ0v) is 15.0. The highest BCUT2D eigenvalue weighted by molar-refractivity contribution is 9.10. The van der Waals surface area contributed by atoms with Crippen molar-refractivity contribution >= 4 is 27.8 Å². The maximum atomic E-state index is 12.1. The Morgan fingerprint density at radius 3 is 2.52 bits per heavy atom. The van der Waals surface area contributed by atoms with Gasteiger partial charge in [-0.25, -0.2) is 9.36 Å². The van der Waals surface area contributed by atoms with Crippen molar-refractivity contribution in [2.75, 3.05) is 0 Å². The first-order valence-electron chi connectivity index (χ1n) is 7.28. The molecule has 0 amide bonds. The van der Waals surface area contributed by atoms with Crippen LogP contribution in [0.4, 0.5) is 5.69 Å². The fourth-order valence-electron chi connectivity index (χ4n) is 2.35. The molecule has 9 heteroatoms. The molecule has 0 aliphatic heterocycles. The third-order valence-corrected chi connectivity index (χ3v) is 4.15. The minimum atomic E-state index is -0.738. The largest absolute Gasteiger partial charge is 0.493 e. The van der Waals surface area contributed by atoms with Crippen molar-refractivity contribution in [3.63, 3.8) is 0 Å². The zero-order valence-electron chi connectivity index (χ0n) is 13.4. The van der Waals surface area contributed by atoms with Gasteiger partial charge in [0.05, 0.1) is 17.1 Å². The van der Waals surface area contributed by atoms with E-state index in [1.54, 1.807) is 38.1 Å². The Labute approximate surface area is 150 Å². The molecule has 128 valence electrons. The molecule has 0 radical (unpaired) electrons. The van der Waals surface area contributed by atoms with Crippen LogP contribution in [0.15, 0.2) is 43.3 Å². The summed E-state index contributed by atoms with van der Waals surface area (Å²) in [6.45, 7) is 3.56. The first kappa shape index (κ1) is 16.9. The van der Waals surface area contributed by atoms with Gasteiger partial charge in [0.25, 0.3) is 5.56 Å². The Morgan fingerprint density at radius 2 is 1.92 bits per heavy atom. The first-order chi connectivity index (χ1) is 11.9. The predicted octanol–water partition coefficient (Wildman–Crippen LogP) is 2.08. The molecule has 3 N–H and O–H groups in total. The summed E-state index contributed by atoms with van der Waals surface area (Å²) in [4.78, 5) is 30.6. The molecule has 0 aliphatic carbocycles. The Kier molecular flexibility index (Phi) is 4.41. The summed E-state index contributed by atoms with van der Waals surface area (Å²) in [5.41, 5.74) is 0.780. The number of rotatable bonds is 3. The second-order valence-electron chi connectivity index (χ2n) is 5.35. The quantitative estimate of drug-likeness (QED) is 0.580. The van der Waals surface area contributed by atoms with Gasteiger partial charge in [-0.05, 0) is 38.1 Å². The van der Waals surface area contributed by atoms with E-state index in [0.29, 0.717) is 17.1 Å². The number of hydrogen-bond acceptors (Lipinski definition) is 5. The molecular formula is C16H14BrN5O3. The number of nitrogens with zero attached hydrogens (tertiary/aromatic N) is 3. The van der Waals surface area contributed by atoms with Crippen molar-refractivity contribution in [2.24, 2.45) is 4.99 Å². The van der Waals surface area contributed by atoms with Crippen LogP contribution >= 0.6 is 15.9 Å². The van der Waals surface area contributed by atoms with Gasteiger partial charge in [0.1, 0.15) is 11.3 Å². The summed E-state index contributed by atoms with van der Waals surface area (Å²) in [6.07, 6.45) is 1.22. The fourth-order valence-corrected chi connectivity index (χ4v) is 2.61. The molecule has 0 fully saturated rings. The van der Waals surface area contributed by atoms with Crippen LogP contribution < -0.4 is 11.2 Å². The van der Waals surface area contributed by atoms with Crippen molar-refractivity contribution < 1.29 is 5.11 Å². The number of aryl methyl sites for hydroxylation is 2. The summed E-state index contributed by atoms with van der Waals surface area (Å²) in [7, 11) is 0. The van der Waals surface area contributed by atoms with Crippen molar-refractivity contribution in [3.05, 3.63) is 66.5 Å². The molecule has 3 rings (SSSR count). The van der Waals surface area contributed by atoms with Gasteiger partial charge >= 0.3 is 5.69 Å². The van der Waals surface area contributed by atoms with Gasteiger partial charge < -0.3 is 5.11 Å². The highest BCUT2D eigenvalue weighted by Crippen LogP contribution is 2.21. The van der Waals surface area contributed by atoms with Gasteiger partial charge in [-0.15, -0.1) is 0 Å². The van der Waals surface area contributed by atoms with Crippen LogP contribution in [0.1, 0.15) is 17.0 Å². The number of hydrogen-bond donors (Lipinski definition) is 3. The van der Waals surface area contributed by atoms with E-state index < -0.39 is 17.1 Å². The van der Waals surface area contributed by atoms with Crippen LogP contribution in [0.3, 0.4) is 0 Å². The number of aliphatic imine (C=N–C) groups is 1. The molecule has 0 spiro atoms. The van der Waals surface area contributed by atoms with E-state index in [9.17, 15) is 14.7 Å². The maximum Gasteiger partial charge on any atom is 0.335 e. The van der Waals surface area contributed by atoms with Crippen molar-refractivity contribution in [1.82, 2.24) is 19.7 Å². The Morgan fingerprint density at radius 1 is 1.24 bits per heavy atom. The van der Waals surface area contributed by atoms with Crippen molar-refractivity contribution in [1.29, 1.82) is 0 Å². The maximum absolute atomic E-state index is 12.1. The molecule has 0 aliphatic rings. The summed E-state index contributed by atoms with van der Waals surface area (Å²) in [6, 6.07) is 6.71. The van der Waals surface area contributed by atoms with Gasteiger partial charge in [-0.1, -0.05) is 15.9 Å². The van der Waals surface area contributed by atoms with Crippen LogP contribution in [0, 0.1) is 13.8 Å². The molecule has 1 aromatic carbocycles. The van der Waals surface area contributed by atoms with Gasteiger partial charge in [-0.3, -0.25) is 19.9 Å². The normalized spacial score (nSPS) is 11.3. The summed E-state index contributed by atoms with van der Waals surface area (Å²) >= 11 is 3.30. The van der Waals surface area contributed by atoms with Gasteiger partial charge in [0.2, 0.25) is 5.88 Å². The SMILES string of the molecule is Cc1n[nH]c(C)c1N=Cc1c(O)n(-c2ccc(Br)cc2)c(=O)[nH]c1=O. The molecule has 25 heavy (non-hydrogen) atoms. The van der Waals surface area contributed by atoms with Crippen LogP contribution in [0.2, 0.25) is 0 Å². The van der Waals surface area contributed by atoms with E-state index in [0.717, 1.165) is 14.7 Å². The highest BCUT2D eigenvalue weighted by Gasteiger charge is 2.14. The number of benzene rings is 1. The number of nitrogens with one attached hydrogen (secondary N) is 2. The lowest BCUT2D eigenvalue weighted by Crippen LogP contribution is -2.31. The van der Waals surface area contributed by atoms with Gasteiger partial charge in [0, 0.05) is 10.7 Å². The fraction of sp³-hybridized carbons (Fsp3) is 0.125. The van der Waals surface area contributed by atoms with Crippen molar-refractivity contribution in [2.45, 2.75) is 13.8 Å². The second kappa shape index (κ2) is 6.52. The van der Waals surface area contributed by atoms with Crippen LogP contribution in [-0.4, -0.2) is 31.1 Å². The minimum absolute atomic E-state index is 0.123. The van der Waals surface area contributed by atoms with Crippen LogP contribution in [0.25, 0.3) is 5.69 Å². The lowest BCUT2D eigenvalue weighted by Gasteiger charge is -2.09. The van der Waals surface area contributed by atoms with E-state index >= 15 is 0 Å². The first-order valence-corrected chi connectivity index (χ1v) is 8.07. The van der Waals surface area contributed by atoms with E-state index in [2.05, 4.69) is 36.1 Å². The molecule has 0 unspecified atom stereocenters. The average molecular weight is 404 g/mol. The lowest BCUT2D eigenvalue weighted by molar-refractivity contribution is 0.430. The minimum Gasteiger partial charge on any atom is -0.493 e. The number of aromatic hydroxyl groups is 1. The van der Waals surface area contributed by atoms with E-state index in [-0.39, 0.29) is 5.56 Å². The third kappa shape index (κ3) is 3.18. The summed E-state index contributed by atoms with van der Waals surface area (Å²) < 4.78 is 1.82. The molecule has 2 heterocycles. The third-order valence-electron chi connectivity index (χ3n) is 3.62. The van der Waals surface area contributed by atoms with E-state index in [1.807, 2.05) is 0 Å². The Balaban J connectivity index is 2.15. The predicted molar refractivity (Wildman–Crippen MR) is 97.3 cm³/mol. The Hall–Kier alpha value is -2.94. The molecule has 2 aromatic heterocycles. The summed E-state index contributed by atoms with van der Waals surface area (Å²) in [5, 5.41) is 17.3. The molecule has 8 nitrogen and oxygen atoms in total. The second-order valence-corrected chi connectivity index (χ2v) is 6.26. The molecule has 0 saturated carbocycles. The average Bonchev–Trinajstić information content (AvgIpc) is 2.87. The smallest absolute Gasteiger partial charge is 0.335 e. The van der Waals surface area contributed by atoms with Crippen LogP contribution in [-0.2, 0) is 0 Å². The molecular weight excluding hydrogens is 390 g/mol. The van der Waals surface area contributed by atoms with Crippen LogP contribution in [0.5, 0.6) is 5.88 Å².